The number of aromatic nitrogens is 1. The standard InChI is InChI=1S/C31H25N5O5S/c1-18-26(36(39)40)27(41-32-18)25-24-16-42-17-34(24)31(30(25)20-12-6-8-14-22(20)33(2)28(30)37)21-13-7-9-15-23(21)35(29(31)38)19-10-4-3-5-11-19/h3-15,24-25H,16-17H2,1-2H3/t24?,25-,30+,31+/m0/s1. The third kappa shape index (κ3) is 2.69. The second-order valence-electron chi connectivity index (χ2n) is 11.1. The Labute approximate surface area is 245 Å². The lowest BCUT2D eigenvalue weighted by Gasteiger charge is -2.44. The highest BCUT2D eigenvalue weighted by molar-refractivity contribution is 7.99. The van der Waals surface area contributed by atoms with E-state index < -0.39 is 27.8 Å². The number of fused-ring (bicyclic) bond motifs is 7. The maximum atomic E-state index is 15.5. The average Bonchev–Trinajstić information content (AvgIpc) is 3.77. The monoisotopic (exact) mass is 579 g/mol. The number of carbonyl (C=O) groups is 2. The van der Waals surface area contributed by atoms with Crippen molar-refractivity contribution in [2.24, 2.45) is 0 Å². The zero-order valence-electron chi connectivity index (χ0n) is 22.8. The number of thioether (sulfide) groups is 1. The SMILES string of the molecule is Cc1noc([C@@H]2C3CSCN3[C@]3(C(=O)N(c4ccccc4)c4ccccc43)[C@@]23C(=O)N(C)c2ccccc23)c1[N+](=O)[O-]. The number of rotatable bonds is 3. The van der Waals surface area contributed by atoms with E-state index in [1.165, 1.54) is 6.92 Å². The van der Waals surface area contributed by atoms with Crippen molar-refractivity contribution >= 4 is 46.3 Å². The predicted molar refractivity (Wildman–Crippen MR) is 157 cm³/mol. The Kier molecular flexibility index (Phi) is 5.12. The minimum Gasteiger partial charge on any atom is -0.353 e. The number of nitro groups is 1. The van der Waals surface area contributed by atoms with Gasteiger partial charge in [0.15, 0.2) is 5.69 Å². The van der Waals surface area contributed by atoms with Crippen molar-refractivity contribution in [2.75, 3.05) is 28.5 Å². The quantitative estimate of drug-likeness (QED) is 0.250. The molecule has 42 heavy (non-hydrogen) atoms. The van der Waals surface area contributed by atoms with Gasteiger partial charge in [0.05, 0.1) is 16.5 Å². The summed E-state index contributed by atoms with van der Waals surface area (Å²) in [7, 11) is 1.71. The summed E-state index contributed by atoms with van der Waals surface area (Å²) in [6.45, 7) is 1.54. The van der Waals surface area contributed by atoms with Gasteiger partial charge in [-0.25, -0.2) is 0 Å². The minimum absolute atomic E-state index is 0.0359. The van der Waals surface area contributed by atoms with Crippen molar-refractivity contribution in [3.63, 3.8) is 0 Å². The Bertz CT molecular complexity index is 1830. The van der Waals surface area contributed by atoms with Gasteiger partial charge in [0, 0.05) is 41.7 Å². The van der Waals surface area contributed by atoms with Crippen LogP contribution in [0.25, 0.3) is 0 Å². The molecule has 0 N–H and O–H groups in total. The maximum Gasteiger partial charge on any atom is 0.334 e. The number of carbonyl (C=O) groups excluding carboxylic acids is 2. The normalized spacial score (nSPS) is 27.8. The lowest BCUT2D eigenvalue weighted by atomic mass is 9.58. The molecule has 4 aliphatic rings. The van der Waals surface area contributed by atoms with Crippen molar-refractivity contribution in [3.05, 3.63) is 112 Å². The summed E-state index contributed by atoms with van der Waals surface area (Å²) < 4.78 is 5.85. The van der Waals surface area contributed by atoms with Gasteiger partial charge in [-0.15, -0.1) is 11.8 Å². The fourth-order valence-corrected chi connectivity index (χ4v) is 9.39. The minimum atomic E-state index is -1.57. The molecule has 3 aromatic carbocycles. The Morgan fingerprint density at radius 1 is 0.952 bits per heavy atom. The van der Waals surface area contributed by atoms with Crippen LogP contribution in [0.4, 0.5) is 22.7 Å². The van der Waals surface area contributed by atoms with Crippen molar-refractivity contribution < 1.29 is 19.0 Å². The number of nitrogens with zero attached hydrogens (tertiary/aromatic N) is 5. The van der Waals surface area contributed by atoms with E-state index in [1.54, 1.807) is 28.6 Å². The Balaban J connectivity index is 1.54. The van der Waals surface area contributed by atoms with Gasteiger partial charge in [-0.3, -0.25) is 29.5 Å². The first kappa shape index (κ1) is 25.2. The Morgan fingerprint density at radius 3 is 2.36 bits per heavy atom. The molecular weight excluding hydrogens is 554 g/mol. The molecule has 2 spiro atoms. The zero-order chi connectivity index (χ0) is 29.0. The summed E-state index contributed by atoms with van der Waals surface area (Å²) in [6.07, 6.45) is 0. The second kappa shape index (κ2) is 8.52. The topological polar surface area (TPSA) is 113 Å². The molecule has 0 aliphatic carbocycles. The van der Waals surface area contributed by atoms with E-state index in [9.17, 15) is 10.1 Å². The van der Waals surface area contributed by atoms with E-state index in [2.05, 4.69) is 10.1 Å². The number of anilines is 3. The predicted octanol–water partition coefficient (Wildman–Crippen LogP) is 4.85. The number of hydrogen-bond donors (Lipinski definition) is 0. The Morgan fingerprint density at radius 2 is 1.62 bits per heavy atom. The van der Waals surface area contributed by atoms with Crippen LogP contribution in [0.5, 0.6) is 0 Å². The van der Waals surface area contributed by atoms with E-state index in [4.69, 9.17) is 4.52 Å². The third-order valence-electron chi connectivity index (χ3n) is 9.49. The van der Waals surface area contributed by atoms with E-state index in [-0.39, 0.29) is 29.0 Å². The molecule has 5 heterocycles. The van der Waals surface area contributed by atoms with Crippen molar-refractivity contribution in [1.29, 1.82) is 0 Å². The van der Waals surface area contributed by atoms with E-state index in [1.807, 2.05) is 78.9 Å². The van der Waals surface area contributed by atoms with Gasteiger partial charge >= 0.3 is 5.69 Å². The van der Waals surface area contributed by atoms with Crippen LogP contribution in [0, 0.1) is 17.0 Å². The Hall–Kier alpha value is -4.48. The van der Waals surface area contributed by atoms with Crippen LogP contribution in [0.15, 0.2) is 83.4 Å². The lowest BCUT2D eigenvalue weighted by molar-refractivity contribution is -0.386. The highest BCUT2D eigenvalue weighted by Gasteiger charge is 2.83. The van der Waals surface area contributed by atoms with Crippen molar-refractivity contribution in [2.45, 2.75) is 29.8 Å². The van der Waals surface area contributed by atoms with Crippen molar-refractivity contribution in [3.8, 4) is 0 Å². The van der Waals surface area contributed by atoms with E-state index in [0.29, 0.717) is 39.8 Å². The number of amides is 2. The maximum absolute atomic E-state index is 15.5. The fraction of sp³-hybridized carbons (Fsp3) is 0.258. The van der Waals surface area contributed by atoms with Gasteiger partial charge in [0.25, 0.3) is 5.91 Å². The van der Waals surface area contributed by atoms with E-state index >= 15 is 9.59 Å². The van der Waals surface area contributed by atoms with Gasteiger partial charge in [-0.2, -0.15) is 0 Å². The second-order valence-corrected chi connectivity index (χ2v) is 12.1. The molecule has 11 heteroatoms. The van der Waals surface area contributed by atoms with Crippen LogP contribution >= 0.6 is 11.8 Å². The van der Waals surface area contributed by atoms with Crippen LogP contribution in [0.3, 0.4) is 0 Å². The summed E-state index contributed by atoms with van der Waals surface area (Å²) in [5.74, 6) is -0.359. The third-order valence-corrected chi connectivity index (χ3v) is 10.5. The van der Waals surface area contributed by atoms with Gasteiger partial charge < -0.3 is 9.42 Å². The molecule has 1 unspecified atom stereocenters. The molecule has 4 aromatic rings. The summed E-state index contributed by atoms with van der Waals surface area (Å²) in [4.78, 5) is 48.0. The molecule has 2 fully saturated rings. The molecule has 2 amide bonds. The first-order valence-corrected chi connectivity index (χ1v) is 14.8. The molecule has 0 radical (unpaired) electrons. The molecule has 210 valence electrons. The molecule has 10 nitrogen and oxygen atoms in total. The van der Waals surface area contributed by atoms with Crippen LogP contribution in [-0.2, 0) is 20.5 Å². The lowest BCUT2D eigenvalue weighted by Crippen LogP contribution is -2.63. The first-order valence-electron chi connectivity index (χ1n) is 13.7. The van der Waals surface area contributed by atoms with Crippen LogP contribution in [0.1, 0.15) is 28.5 Å². The van der Waals surface area contributed by atoms with Crippen LogP contribution in [0.2, 0.25) is 0 Å². The largest absolute Gasteiger partial charge is 0.353 e. The summed E-state index contributed by atoms with van der Waals surface area (Å²) >= 11 is 1.64. The smallest absolute Gasteiger partial charge is 0.334 e. The number of hydrogen-bond acceptors (Lipinski definition) is 8. The number of para-hydroxylation sites is 3. The molecule has 0 bridgehead atoms. The van der Waals surface area contributed by atoms with Gasteiger partial charge in [0.2, 0.25) is 11.7 Å². The molecule has 4 aliphatic heterocycles. The highest BCUT2D eigenvalue weighted by atomic mass is 32.2. The number of likely N-dealkylation sites (N-methyl/N-ethyl adjacent to an activating group) is 1. The molecule has 8 rings (SSSR count). The average molecular weight is 580 g/mol. The van der Waals surface area contributed by atoms with Crippen LogP contribution in [-0.4, -0.2) is 51.5 Å². The number of aryl methyl sites for hydroxylation is 1. The molecule has 1 aromatic heterocycles. The summed E-state index contributed by atoms with van der Waals surface area (Å²) in [5.41, 5.74) is 0.209. The molecular formula is C31H25N5O5S. The summed E-state index contributed by atoms with van der Waals surface area (Å²) in [5, 5.41) is 16.5. The van der Waals surface area contributed by atoms with Gasteiger partial charge in [0.1, 0.15) is 11.0 Å². The van der Waals surface area contributed by atoms with Crippen LogP contribution < -0.4 is 9.80 Å². The van der Waals surface area contributed by atoms with Crippen molar-refractivity contribution in [1.82, 2.24) is 10.1 Å². The highest BCUT2D eigenvalue weighted by Crippen LogP contribution is 2.72. The molecule has 0 saturated carbocycles. The zero-order valence-corrected chi connectivity index (χ0v) is 23.6. The number of benzene rings is 3. The van der Waals surface area contributed by atoms with Gasteiger partial charge in [-0.1, -0.05) is 59.8 Å². The molecule has 4 atom stereocenters. The molecule has 2 saturated heterocycles. The first-order chi connectivity index (χ1) is 20.4. The van der Waals surface area contributed by atoms with E-state index in [0.717, 1.165) is 0 Å². The fourth-order valence-electron chi connectivity index (χ4n) is 8.09. The van der Waals surface area contributed by atoms with Gasteiger partial charge in [-0.05, 0) is 36.8 Å². The summed E-state index contributed by atoms with van der Waals surface area (Å²) in [6, 6.07) is 24.1.